The molecule has 7 nitrogen and oxygen atoms in total. The van der Waals surface area contributed by atoms with Gasteiger partial charge in [0.05, 0.1) is 22.1 Å². The molecule has 1 amide bonds. The fraction of sp³-hybridized carbons (Fsp3) is 0.455. The number of nitro groups is 1. The third kappa shape index (κ3) is 3.62. The van der Waals surface area contributed by atoms with Gasteiger partial charge in [0.1, 0.15) is 11.3 Å². The highest BCUT2D eigenvalue weighted by Crippen LogP contribution is 2.20. The van der Waals surface area contributed by atoms with Crippen LogP contribution < -0.4 is 5.32 Å². The van der Waals surface area contributed by atoms with Crippen LogP contribution in [-0.4, -0.2) is 32.6 Å². The first-order valence-corrected chi connectivity index (χ1v) is 5.83. The van der Waals surface area contributed by atoms with E-state index < -0.39 is 22.5 Å². The van der Waals surface area contributed by atoms with Crippen molar-refractivity contribution in [2.45, 2.75) is 32.4 Å². The van der Waals surface area contributed by atoms with Crippen molar-refractivity contribution in [1.29, 1.82) is 0 Å². The van der Waals surface area contributed by atoms with E-state index in [9.17, 15) is 20.0 Å². The lowest BCUT2D eigenvalue weighted by Gasteiger charge is -2.29. The largest absolute Gasteiger partial charge is 0.391 e. The van der Waals surface area contributed by atoms with Gasteiger partial charge in [0.2, 0.25) is 0 Å². The van der Waals surface area contributed by atoms with Gasteiger partial charge >= 0.3 is 0 Å². The number of nitrogens with one attached hydrogen (secondary N) is 1. The average molecular weight is 288 g/mol. The predicted molar refractivity (Wildman–Crippen MR) is 69.1 cm³/mol. The number of nitrogens with zero attached hydrogens (tertiary/aromatic N) is 2. The zero-order valence-corrected chi connectivity index (χ0v) is 11.4. The first-order chi connectivity index (χ1) is 8.65. The number of hydrogen-bond donors (Lipinski definition) is 2. The maximum absolute atomic E-state index is 12.0. The van der Waals surface area contributed by atoms with Crippen molar-refractivity contribution in [3.63, 3.8) is 0 Å². The molecule has 8 heteroatoms. The van der Waals surface area contributed by atoms with E-state index in [-0.39, 0.29) is 16.4 Å². The summed E-state index contributed by atoms with van der Waals surface area (Å²) in [6, 6.07) is 1.04. The molecule has 0 aliphatic heterocycles. The quantitative estimate of drug-likeness (QED) is 0.496. The Labute approximate surface area is 114 Å². The summed E-state index contributed by atoms with van der Waals surface area (Å²) in [6.45, 7) is 4.76. The van der Waals surface area contributed by atoms with Gasteiger partial charge in [0.15, 0.2) is 0 Å². The fourth-order valence-corrected chi connectivity index (χ4v) is 1.35. The van der Waals surface area contributed by atoms with Crippen molar-refractivity contribution in [3.8, 4) is 0 Å². The van der Waals surface area contributed by atoms with Crippen molar-refractivity contribution < 1.29 is 14.8 Å². The zero-order chi connectivity index (χ0) is 14.8. The fourth-order valence-electron chi connectivity index (χ4n) is 1.16. The number of hydrogen-bond acceptors (Lipinski definition) is 5. The van der Waals surface area contributed by atoms with Gasteiger partial charge in [-0.05, 0) is 20.8 Å². The van der Waals surface area contributed by atoms with E-state index in [0.717, 1.165) is 12.3 Å². The van der Waals surface area contributed by atoms with E-state index in [0.29, 0.717) is 0 Å². The molecule has 1 aromatic heterocycles. The molecule has 0 fully saturated rings. The van der Waals surface area contributed by atoms with Crippen molar-refractivity contribution in [1.82, 2.24) is 10.3 Å². The van der Waals surface area contributed by atoms with Crippen LogP contribution in [0.4, 0.5) is 5.69 Å². The summed E-state index contributed by atoms with van der Waals surface area (Å²) in [4.78, 5) is 25.6. The third-order valence-electron chi connectivity index (χ3n) is 2.76. The number of amides is 1. The molecular weight excluding hydrogens is 274 g/mol. The molecule has 1 atom stereocenters. The van der Waals surface area contributed by atoms with Crippen LogP contribution in [-0.2, 0) is 0 Å². The lowest BCUT2D eigenvalue weighted by atomic mass is 9.98. The number of pyridine rings is 1. The number of aliphatic hydroxyl groups excluding tert-OH is 1. The second-order valence-electron chi connectivity index (χ2n) is 4.64. The second-order valence-corrected chi connectivity index (χ2v) is 5.00. The molecule has 1 unspecified atom stereocenters. The minimum Gasteiger partial charge on any atom is -0.391 e. The topological polar surface area (TPSA) is 105 Å². The van der Waals surface area contributed by atoms with Crippen LogP contribution in [0.2, 0.25) is 5.15 Å². The van der Waals surface area contributed by atoms with Crippen molar-refractivity contribution >= 4 is 23.2 Å². The molecule has 0 bridgehead atoms. The number of halogens is 1. The first-order valence-electron chi connectivity index (χ1n) is 5.45. The van der Waals surface area contributed by atoms with Crippen LogP contribution in [0.3, 0.4) is 0 Å². The van der Waals surface area contributed by atoms with Crippen molar-refractivity contribution in [3.05, 3.63) is 33.1 Å². The minimum atomic E-state index is -0.898. The predicted octanol–water partition coefficient (Wildman–Crippen LogP) is 1.53. The molecule has 0 aliphatic rings. The van der Waals surface area contributed by atoms with E-state index in [1.165, 1.54) is 6.92 Å². The van der Waals surface area contributed by atoms with Crippen LogP contribution in [0.25, 0.3) is 0 Å². The maximum Gasteiger partial charge on any atom is 0.288 e. The molecule has 2 N–H and O–H groups in total. The summed E-state index contributed by atoms with van der Waals surface area (Å²) >= 11 is 5.75. The van der Waals surface area contributed by atoms with Crippen molar-refractivity contribution in [2.75, 3.05) is 0 Å². The summed E-state index contributed by atoms with van der Waals surface area (Å²) in [5.41, 5.74) is -1.33. The summed E-state index contributed by atoms with van der Waals surface area (Å²) < 4.78 is 0. The molecular formula is C11H14ClN3O4. The summed E-state index contributed by atoms with van der Waals surface area (Å²) in [5, 5.41) is 22.6. The van der Waals surface area contributed by atoms with E-state index in [1.54, 1.807) is 13.8 Å². The average Bonchev–Trinajstić information content (AvgIpc) is 2.28. The van der Waals surface area contributed by atoms with E-state index in [4.69, 9.17) is 11.6 Å². The van der Waals surface area contributed by atoms with E-state index in [2.05, 4.69) is 10.3 Å². The van der Waals surface area contributed by atoms with Gasteiger partial charge in [0.25, 0.3) is 11.6 Å². The molecule has 1 rings (SSSR count). The standard InChI is InChI=1S/C11H14ClN3O4/c1-6(16)11(2,3)14-10(17)8-4-7(15(18)19)5-13-9(8)12/h4-6,16H,1-3H3,(H,14,17). The van der Waals surface area contributed by atoms with Gasteiger partial charge in [0, 0.05) is 6.07 Å². The van der Waals surface area contributed by atoms with E-state index >= 15 is 0 Å². The summed E-state index contributed by atoms with van der Waals surface area (Å²) in [6.07, 6.45) is 0.167. The lowest BCUT2D eigenvalue weighted by molar-refractivity contribution is -0.385. The van der Waals surface area contributed by atoms with Crippen LogP contribution in [0.15, 0.2) is 12.3 Å². The molecule has 19 heavy (non-hydrogen) atoms. The molecule has 104 valence electrons. The Hall–Kier alpha value is -1.73. The Bertz CT molecular complexity index is 517. The first kappa shape index (κ1) is 15.3. The Morgan fingerprint density at radius 2 is 2.21 bits per heavy atom. The normalized spacial score (nSPS) is 12.9. The molecule has 1 heterocycles. The Kier molecular flexibility index (Phi) is 4.43. The Morgan fingerprint density at radius 3 is 2.68 bits per heavy atom. The minimum absolute atomic E-state index is 0.107. The molecule has 0 aromatic carbocycles. The van der Waals surface area contributed by atoms with Crippen LogP contribution >= 0.6 is 11.6 Å². The number of carbonyl (C=O) groups is 1. The van der Waals surface area contributed by atoms with Gasteiger partial charge in [-0.3, -0.25) is 14.9 Å². The van der Waals surface area contributed by atoms with Crippen LogP contribution in [0.5, 0.6) is 0 Å². The number of carbonyl (C=O) groups excluding carboxylic acids is 1. The Morgan fingerprint density at radius 1 is 1.63 bits per heavy atom. The number of aliphatic hydroxyl groups is 1. The number of aromatic nitrogens is 1. The monoisotopic (exact) mass is 287 g/mol. The maximum atomic E-state index is 12.0. The molecule has 0 spiro atoms. The lowest BCUT2D eigenvalue weighted by Crippen LogP contribution is -2.51. The highest BCUT2D eigenvalue weighted by atomic mass is 35.5. The van der Waals surface area contributed by atoms with Gasteiger partial charge in [-0.25, -0.2) is 4.98 Å². The molecule has 0 aliphatic carbocycles. The molecule has 1 aromatic rings. The van der Waals surface area contributed by atoms with Gasteiger partial charge in [-0.15, -0.1) is 0 Å². The van der Waals surface area contributed by atoms with Crippen LogP contribution in [0, 0.1) is 10.1 Å². The smallest absolute Gasteiger partial charge is 0.288 e. The second kappa shape index (κ2) is 5.50. The number of rotatable bonds is 4. The molecule has 0 saturated heterocycles. The van der Waals surface area contributed by atoms with Gasteiger partial charge in [-0.1, -0.05) is 11.6 Å². The molecule has 0 saturated carbocycles. The van der Waals surface area contributed by atoms with Crippen LogP contribution in [0.1, 0.15) is 31.1 Å². The third-order valence-corrected chi connectivity index (χ3v) is 3.06. The highest BCUT2D eigenvalue weighted by molar-refractivity contribution is 6.32. The SMILES string of the molecule is CC(O)C(C)(C)NC(=O)c1cc([N+](=O)[O-])cnc1Cl. The Balaban J connectivity index is 3.06. The summed E-state index contributed by atoms with van der Waals surface area (Å²) in [5.74, 6) is -0.632. The van der Waals surface area contributed by atoms with Gasteiger partial charge < -0.3 is 10.4 Å². The molecule has 0 radical (unpaired) electrons. The summed E-state index contributed by atoms with van der Waals surface area (Å²) in [7, 11) is 0. The highest BCUT2D eigenvalue weighted by Gasteiger charge is 2.28. The van der Waals surface area contributed by atoms with Gasteiger partial charge in [-0.2, -0.15) is 0 Å². The zero-order valence-electron chi connectivity index (χ0n) is 10.7. The van der Waals surface area contributed by atoms with Crippen molar-refractivity contribution in [2.24, 2.45) is 0 Å². The van der Waals surface area contributed by atoms with E-state index in [1.807, 2.05) is 0 Å².